The van der Waals surface area contributed by atoms with E-state index in [4.69, 9.17) is 11.5 Å². The molecule has 1 rings (SSSR count). The van der Waals surface area contributed by atoms with Gasteiger partial charge in [0.1, 0.15) is 0 Å². The Labute approximate surface area is 52.6 Å². The highest BCUT2D eigenvalue weighted by molar-refractivity contribution is 5.84. The van der Waals surface area contributed by atoms with Crippen LogP contribution in [0.3, 0.4) is 0 Å². The van der Waals surface area contributed by atoms with Crippen LogP contribution in [0.15, 0.2) is 0 Å². The van der Waals surface area contributed by atoms with E-state index in [1.165, 1.54) is 0 Å². The first kappa shape index (κ1) is 6.12. The third-order valence-electron chi connectivity index (χ3n) is 1.27. The van der Waals surface area contributed by atoms with E-state index in [1.54, 1.807) is 0 Å². The quantitative estimate of drug-likeness (QED) is 0.345. The summed E-state index contributed by atoms with van der Waals surface area (Å²) in [6.07, 6.45) is 5.07. The van der Waals surface area contributed by atoms with Gasteiger partial charge in [-0.05, 0) is 0 Å². The van der Waals surface area contributed by atoms with Crippen molar-refractivity contribution in [3.05, 3.63) is 0 Å². The highest BCUT2D eigenvalue weighted by Crippen LogP contribution is 2.17. The number of carbonyl (C=O) groups is 1. The molecule has 1 saturated heterocycles. The molecule has 48 valence electrons. The summed E-state index contributed by atoms with van der Waals surface area (Å²) < 4.78 is 4.43. The molecular formula is C6H6O3. The lowest BCUT2D eigenvalue weighted by molar-refractivity contribution is -0.148. The smallest absolute Gasteiger partial charge is 0.351 e. The summed E-state index contributed by atoms with van der Waals surface area (Å²) in [5.74, 6) is 1.27. The van der Waals surface area contributed by atoms with Crippen molar-refractivity contribution in [3.8, 4) is 12.3 Å². The average molecular weight is 126 g/mol. The zero-order valence-corrected chi connectivity index (χ0v) is 4.76. The van der Waals surface area contributed by atoms with Gasteiger partial charge < -0.3 is 9.84 Å². The van der Waals surface area contributed by atoms with Gasteiger partial charge in [-0.25, -0.2) is 4.79 Å². The minimum Gasteiger partial charge on any atom is -0.463 e. The number of ether oxygens (including phenoxy) is 1. The molecule has 1 unspecified atom stereocenters. The Morgan fingerprint density at radius 3 is 2.78 bits per heavy atom. The lowest BCUT2D eigenvalue weighted by Gasteiger charge is -2.06. The van der Waals surface area contributed by atoms with Crippen molar-refractivity contribution >= 4 is 5.97 Å². The fourth-order valence-corrected chi connectivity index (χ4v) is 0.644. The first-order valence-corrected chi connectivity index (χ1v) is 2.56. The Balaban J connectivity index is 2.82. The summed E-state index contributed by atoms with van der Waals surface area (Å²) >= 11 is 0. The second-order valence-corrected chi connectivity index (χ2v) is 1.89. The fraction of sp³-hybridized carbons (Fsp3) is 0.500. The van der Waals surface area contributed by atoms with E-state index >= 15 is 0 Å². The molecule has 1 heterocycles. The van der Waals surface area contributed by atoms with E-state index in [0.29, 0.717) is 0 Å². The van der Waals surface area contributed by atoms with Crippen molar-refractivity contribution in [2.24, 2.45) is 0 Å². The van der Waals surface area contributed by atoms with Crippen LogP contribution in [-0.4, -0.2) is 23.3 Å². The molecule has 0 bridgehead atoms. The summed E-state index contributed by atoms with van der Waals surface area (Å²) in [5, 5.41) is 9.06. The van der Waals surface area contributed by atoms with Crippen molar-refractivity contribution in [1.82, 2.24) is 0 Å². The van der Waals surface area contributed by atoms with Gasteiger partial charge in [-0.1, -0.05) is 5.92 Å². The Morgan fingerprint density at radius 2 is 2.56 bits per heavy atom. The van der Waals surface area contributed by atoms with E-state index < -0.39 is 11.6 Å². The van der Waals surface area contributed by atoms with Crippen molar-refractivity contribution < 1.29 is 14.6 Å². The van der Waals surface area contributed by atoms with Crippen LogP contribution in [-0.2, 0) is 9.53 Å². The number of rotatable bonds is 0. The molecule has 0 radical (unpaired) electrons. The van der Waals surface area contributed by atoms with E-state index in [2.05, 4.69) is 4.74 Å². The maximum Gasteiger partial charge on any atom is 0.351 e. The van der Waals surface area contributed by atoms with Gasteiger partial charge in [0, 0.05) is 6.42 Å². The summed E-state index contributed by atoms with van der Waals surface area (Å²) in [6, 6.07) is 0. The third-order valence-corrected chi connectivity index (χ3v) is 1.27. The zero-order valence-electron chi connectivity index (χ0n) is 4.76. The molecule has 0 aliphatic carbocycles. The number of cyclic esters (lactones) is 1. The first-order chi connectivity index (χ1) is 4.19. The topological polar surface area (TPSA) is 46.5 Å². The van der Waals surface area contributed by atoms with Crippen LogP contribution in [0.2, 0.25) is 0 Å². The van der Waals surface area contributed by atoms with Crippen LogP contribution in [0.4, 0.5) is 0 Å². The van der Waals surface area contributed by atoms with E-state index in [-0.39, 0.29) is 13.0 Å². The molecular weight excluding hydrogens is 120 g/mol. The Bertz CT molecular complexity index is 179. The Morgan fingerprint density at radius 1 is 1.89 bits per heavy atom. The molecule has 0 aromatic rings. The molecule has 0 saturated carbocycles. The summed E-state index contributed by atoms with van der Waals surface area (Å²) in [6.45, 7) is 0.222. The second-order valence-electron chi connectivity index (χ2n) is 1.89. The first-order valence-electron chi connectivity index (χ1n) is 2.56. The second kappa shape index (κ2) is 1.74. The number of hydrogen-bond donors (Lipinski definition) is 1. The standard InChI is InChI=1S/C6H6O3/c1-2-6(8)3-4-9-5(6)7/h1,8H,3-4H2. The molecule has 1 fully saturated rings. The van der Waals surface area contributed by atoms with E-state index in [0.717, 1.165) is 0 Å². The molecule has 1 aliphatic rings. The summed E-state index contributed by atoms with van der Waals surface area (Å²) in [4.78, 5) is 10.5. The monoisotopic (exact) mass is 126 g/mol. The normalized spacial score (nSPS) is 33.6. The number of hydrogen-bond acceptors (Lipinski definition) is 3. The van der Waals surface area contributed by atoms with Gasteiger partial charge in [0.05, 0.1) is 6.61 Å². The van der Waals surface area contributed by atoms with Gasteiger partial charge in [0.2, 0.25) is 5.60 Å². The van der Waals surface area contributed by atoms with Crippen molar-refractivity contribution in [1.29, 1.82) is 0 Å². The van der Waals surface area contributed by atoms with Crippen LogP contribution in [0.5, 0.6) is 0 Å². The molecule has 1 aliphatic heterocycles. The van der Waals surface area contributed by atoms with E-state index in [1.807, 2.05) is 5.92 Å². The maximum atomic E-state index is 10.5. The Kier molecular flexibility index (Phi) is 1.19. The SMILES string of the molecule is C#CC1(O)CCOC1=O. The highest BCUT2D eigenvalue weighted by atomic mass is 16.6. The predicted molar refractivity (Wildman–Crippen MR) is 29.4 cm³/mol. The number of esters is 1. The number of terminal acetylenes is 1. The van der Waals surface area contributed by atoms with Crippen LogP contribution >= 0.6 is 0 Å². The lowest BCUT2D eigenvalue weighted by atomic mass is 10.1. The molecule has 0 amide bonds. The van der Waals surface area contributed by atoms with E-state index in [9.17, 15) is 4.79 Å². The fourth-order valence-electron chi connectivity index (χ4n) is 0.644. The molecule has 0 aromatic carbocycles. The predicted octanol–water partition coefficient (Wildman–Crippen LogP) is -0.702. The lowest BCUT2D eigenvalue weighted by Crippen LogP contribution is -2.31. The largest absolute Gasteiger partial charge is 0.463 e. The third kappa shape index (κ3) is 0.775. The highest BCUT2D eigenvalue weighted by Gasteiger charge is 2.40. The van der Waals surface area contributed by atoms with Gasteiger partial charge in [-0.2, -0.15) is 0 Å². The molecule has 1 atom stereocenters. The molecule has 3 nitrogen and oxygen atoms in total. The van der Waals surface area contributed by atoms with Crippen LogP contribution in [0.25, 0.3) is 0 Å². The van der Waals surface area contributed by atoms with Crippen molar-refractivity contribution in [3.63, 3.8) is 0 Å². The maximum absolute atomic E-state index is 10.5. The summed E-state index contributed by atoms with van der Waals surface area (Å²) in [7, 11) is 0. The number of carbonyl (C=O) groups excluding carboxylic acids is 1. The Hall–Kier alpha value is -1.01. The van der Waals surface area contributed by atoms with Gasteiger partial charge in [0.15, 0.2) is 0 Å². The van der Waals surface area contributed by atoms with Crippen molar-refractivity contribution in [2.45, 2.75) is 12.0 Å². The average Bonchev–Trinajstić information content (AvgIpc) is 2.15. The molecule has 0 aromatic heterocycles. The van der Waals surface area contributed by atoms with Crippen LogP contribution in [0, 0.1) is 12.3 Å². The van der Waals surface area contributed by atoms with Gasteiger partial charge in [-0.15, -0.1) is 6.42 Å². The molecule has 0 spiro atoms. The van der Waals surface area contributed by atoms with Crippen molar-refractivity contribution in [2.75, 3.05) is 6.61 Å². The van der Waals surface area contributed by atoms with Gasteiger partial charge in [-0.3, -0.25) is 0 Å². The molecule has 9 heavy (non-hydrogen) atoms. The minimum atomic E-state index is -1.64. The van der Waals surface area contributed by atoms with Gasteiger partial charge in [0.25, 0.3) is 0 Å². The number of aliphatic hydroxyl groups is 1. The molecule has 3 heteroatoms. The zero-order chi connectivity index (χ0) is 6.91. The van der Waals surface area contributed by atoms with Gasteiger partial charge >= 0.3 is 5.97 Å². The summed E-state index contributed by atoms with van der Waals surface area (Å²) in [5.41, 5.74) is -1.64. The molecule has 1 N–H and O–H groups in total. The minimum absolute atomic E-state index is 0.211. The van der Waals surface area contributed by atoms with Crippen LogP contribution in [0.1, 0.15) is 6.42 Å². The van der Waals surface area contributed by atoms with Crippen LogP contribution < -0.4 is 0 Å².